The fourth-order valence-corrected chi connectivity index (χ4v) is 4.85. The van der Waals surface area contributed by atoms with Gasteiger partial charge >= 0.3 is 6.09 Å². The van der Waals surface area contributed by atoms with Gasteiger partial charge in [0.05, 0.1) is 12.6 Å². The highest BCUT2D eigenvalue weighted by atomic mass is 28.4. The highest BCUT2D eigenvalue weighted by Crippen LogP contribution is 2.55. The molecule has 1 unspecified atom stereocenters. The fraction of sp³-hybridized carbons (Fsp3) is 0.762. The minimum Gasteiger partial charge on any atom is -0.465 e. The molecule has 2 aliphatic carbocycles. The standard InChI is InChI=1S/C21H35NO3Si/c1-20(2,3)26(4,5)25-15-18-13-17(14-22(18)19(23)24)12-16-6-8-21(9-7-16)10-11-21/h6,12,18H,7-11,13-15H2,1-5H3,(H,23,24). The lowest BCUT2D eigenvalue weighted by Gasteiger charge is -2.37. The fourth-order valence-electron chi connectivity index (χ4n) is 3.81. The Kier molecular flexibility index (Phi) is 5.17. The molecule has 1 spiro atoms. The zero-order valence-electron chi connectivity index (χ0n) is 17.1. The second-order valence-corrected chi connectivity index (χ2v) is 14.9. The van der Waals surface area contributed by atoms with Crippen molar-refractivity contribution in [3.8, 4) is 0 Å². The van der Waals surface area contributed by atoms with Gasteiger partial charge in [-0.3, -0.25) is 4.90 Å². The molecule has 5 heteroatoms. The first-order valence-electron chi connectivity index (χ1n) is 10.0. The molecular weight excluding hydrogens is 342 g/mol. The number of nitrogens with zero attached hydrogens (tertiary/aromatic N) is 1. The van der Waals surface area contributed by atoms with Gasteiger partial charge in [0, 0.05) is 6.54 Å². The predicted molar refractivity (Wildman–Crippen MR) is 108 cm³/mol. The lowest BCUT2D eigenvalue weighted by atomic mass is 9.86. The quantitative estimate of drug-likeness (QED) is 0.651. The van der Waals surface area contributed by atoms with Crippen molar-refractivity contribution in [1.82, 2.24) is 4.90 Å². The van der Waals surface area contributed by atoms with E-state index in [1.54, 1.807) is 4.90 Å². The number of likely N-dealkylation sites (tertiary alicyclic amines) is 1. The minimum atomic E-state index is -1.86. The summed E-state index contributed by atoms with van der Waals surface area (Å²) in [5.41, 5.74) is 3.30. The molecule has 0 aromatic carbocycles. The zero-order chi connectivity index (χ0) is 19.2. The summed E-state index contributed by atoms with van der Waals surface area (Å²) in [7, 11) is -1.86. The van der Waals surface area contributed by atoms with Gasteiger partial charge < -0.3 is 9.53 Å². The predicted octanol–water partition coefficient (Wildman–Crippen LogP) is 5.58. The summed E-state index contributed by atoms with van der Waals surface area (Å²) < 4.78 is 6.32. The van der Waals surface area contributed by atoms with Gasteiger partial charge in [-0.1, -0.05) is 38.5 Å². The summed E-state index contributed by atoms with van der Waals surface area (Å²) in [5, 5.41) is 9.76. The Balaban J connectivity index is 1.64. The summed E-state index contributed by atoms with van der Waals surface area (Å²) >= 11 is 0. The molecule has 3 aliphatic rings. The van der Waals surface area contributed by atoms with E-state index in [1.807, 2.05) is 0 Å². The van der Waals surface area contributed by atoms with Crippen molar-refractivity contribution in [3.05, 3.63) is 23.3 Å². The normalized spacial score (nSPS) is 27.1. The van der Waals surface area contributed by atoms with Crippen molar-refractivity contribution in [1.29, 1.82) is 0 Å². The average Bonchev–Trinajstić information content (AvgIpc) is 3.16. The van der Waals surface area contributed by atoms with E-state index in [0.717, 1.165) is 12.8 Å². The van der Waals surface area contributed by atoms with E-state index >= 15 is 0 Å². The van der Waals surface area contributed by atoms with Crippen LogP contribution in [0, 0.1) is 5.41 Å². The van der Waals surface area contributed by atoms with Crippen molar-refractivity contribution in [3.63, 3.8) is 0 Å². The third-order valence-corrected chi connectivity index (χ3v) is 11.6. The molecule has 1 atom stereocenters. The van der Waals surface area contributed by atoms with Crippen LogP contribution in [0.5, 0.6) is 0 Å². The number of hydrogen-bond donors (Lipinski definition) is 1. The monoisotopic (exact) mass is 377 g/mol. The Hall–Kier alpha value is -1.07. The summed E-state index contributed by atoms with van der Waals surface area (Å²) in [4.78, 5) is 13.3. The van der Waals surface area contributed by atoms with Gasteiger partial charge in [-0.2, -0.15) is 0 Å². The molecule has 2 fully saturated rings. The van der Waals surface area contributed by atoms with Crippen molar-refractivity contribution in [2.24, 2.45) is 5.41 Å². The largest absolute Gasteiger partial charge is 0.465 e. The molecule has 0 bridgehead atoms. The first kappa shape index (κ1) is 19.7. The van der Waals surface area contributed by atoms with Gasteiger partial charge in [-0.15, -0.1) is 0 Å². The van der Waals surface area contributed by atoms with Crippen molar-refractivity contribution < 1.29 is 14.3 Å². The summed E-state index contributed by atoms with van der Waals surface area (Å²) in [6, 6.07) is -0.0492. The maximum atomic E-state index is 11.7. The van der Waals surface area contributed by atoms with Crippen molar-refractivity contribution in [2.45, 2.75) is 83.5 Å². The maximum Gasteiger partial charge on any atom is 0.407 e. The van der Waals surface area contributed by atoms with E-state index in [4.69, 9.17) is 4.43 Å². The highest BCUT2D eigenvalue weighted by molar-refractivity contribution is 6.74. The number of carbonyl (C=O) groups is 1. The van der Waals surface area contributed by atoms with E-state index in [1.165, 1.54) is 36.8 Å². The number of rotatable bonds is 4. The van der Waals surface area contributed by atoms with E-state index in [2.05, 4.69) is 46.0 Å². The van der Waals surface area contributed by atoms with Crippen LogP contribution in [0.15, 0.2) is 23.3 Å². The molecule has 1 aliphatic heterocycles. The zero-order valence-corrected chi connectivity index (χ0v) is 18.1. The molecule has 1 amide bonds. The van der Waals surface area contributed by atoms with Crippen molar-refractivity contribution in [2.75, 3.05) is 13.2 Å². The van der Waals surface area contributed by atoms with Crippen LogP contribution in [-0.2, 0) is 4.43 Å². The van der Waals surface area contributed by atoms with Crippen LogP contribution in [0.3, 0.4) is 0 Å². The average molecular weight is 378 g/mol. The highest BCUT2D eigenvalue weighted by Gasteiger charge is 2.43. The number of amides is 1. The minimum absolute atomic E-state index is 0.0492. The van der Waals surface area contributed by atoms with Crippen LogP contribution >= 0.6 is 0 Å². The summed E-state index contributed by atoms with van der Waals surface area (Å²) in [6.45, 7) is 12.2. The van der Waals surface area contributed by atoms with Crippen LogP contribution in [0.1, 0.15) is 59.3 Å². The van der Waals surface area contributed by atoms with E-state index in [9.17, 15) is 9.90 Å². The van der Waals surface area contributed by atoms with Gasteiger partial charge in [0.25, 0.3) is 0 Å². The van der Waals surface area contributed by atoms with Gasteiger partial charge in [-0.25, -0.2) is 4.79 Å². The first-order valence-corrected chi connectivity index (χ1v) is 12.9. The molecular formula is C21H35NO3Si. The maximum absolute atomic E-state index is 11.7. The smallest absolute Gasteiger partial charge is 0.407 e. The first-order chi connectivity index (χ1) is 12.0. The molecule has 1 saturated heterocycles. The van der Waals surface area contributed by atoms with E-state index < -0.39 is 14.4 Å². The lowest BCUT2D eigenvalue weighted by Crippen LogP contribution is -2.45. The molecule has 1 N–H and O–H groups in total. The Bertz CT molecular complexity index is 626. The molecule has 0 radical (unpaired) electrons. The van der Waals surface area contributed by atoms with Crippen LogP contribution in [0.4, 0.5) is 4.79 Å². The SMILES string of the molecule is CC(C)(C)[Si](C)(C)OCC1CC(=CC2=CCC3(CC2)CC3)CN1C(=O)O. The second-order valence-electron chi connectivity index (χ2n) is 10.1. The molecule has 146 valence electrons. The van der Waals surface area contributed by atoms with Gasteiger partial charge in [0.1, 0.15) is 0 Å². The third-order valence-electron chi connectivity index (χ3n) is 7.09. The van der Waals surface area contributed by atoms with Crippen LogP contribution in [0.2, 0.25) is 18.1 Å². The topological polar surface area (TPSA) is 49.8 Å². The molecule has 3 rings (SSSR count). The molecule has 1 heterocycles. The van der Waals surface area contributed by atoms with Crippen LogP contribution in [-0.4, -0.2) is 43.6 Å². The van der Waals surface area contributed by atoms with E-state index in [-0.39, 0.29) is 11.1 Å². The number of allylic oxidation sites excluding steroid dienone is 3. The molecule has 0 aromatic heterocycles. The van der Waals surface area contributed by atoms with Crippen LogP contribution in [0.25, 0.3) is 0 Å². The number of hydrogen-bond acceptors (Lipinski definition) is 2. The third kappa shape index (κ3) is 4.25. The Morgan fingerprint density at radius 2 is 2.08 bits per heavy atom. The number of carboxylic acid groups (broad SMARTS) is 1. The van der Waals surface area contributed by atoms with Gasteiger partial charge in [0.15, 0.2) is 8.32 Å². The lowest BCUT2D eigenvalue weighted by molar-refractivity contribution is 0.120. The molecule has 4 nitrogen and oxygen atoms in total. The van der Waals surface area contributed by atoms with Crippen LogP contribution < -0.4 is 0 Å². The molecule has 1 saturated carbocycles. The summed E-state index contributed by atoms with van der Waals surface area (Å²) in [6.07, 6.45) is 11.1. The Labute approximate surface area is 159 Å². The van der Waals surface area contributed by atoms with Gasteiger partial charge in [-0.05, 0) is 67.6 Å². The Morgan fingerprint density at radius 3 is 2.58 bits per heavy atom. The molecule has 26 heavy (non-hydrogen) atoms. The summed E-state index contributed by atoms with van der Waals surface area (Å²) in [5.74, 6) is 0. The van der Waals surface area contributed by atoms with Gasteiger partial charge in [0.2, 0.25) is 0 Å². The molecule has 0 aromatic rings. The van der Waals surface area contributed by atoms with Crippen molar-refractivity contribution >= 4 is 14.4 Å². The second kappa shape index (κ2) is 6.83. The van der Waals surface area contributed by atoms with E-state index in [0.29, 0.717) is 18.6 Å². The Morgan fingerprint density at radius 1 is 1.38 bits per heavy atom.